The molecule has 0 spiro atoms. The number of nitrogens with one attached hydrogen (secondary N) is 1. The molecule has 0 aromatic carbocycles. The topological polar surface area (TPSA) is 88.5 Å². The summed E-state index contributed by atoms with van der Waals surface area (Å²) in [6.45, 7) is 9.63. The second-order valence-electron chi connectivity index (χ2n) is 9.89. The highest BCUT2D eigenvalue weighted by molar-refractivity contribution is 7.99. The number of nitriles is 1. The number of thioether (sulfide) groups is 1. The molecule has 0 aliphatic heterocycles. The predicted octanol–water partition coefficient (Wildman–Crippen LogP) is 5.04. The first kappa shape index (κ1) is 24.6. The molecule has 0 saturated carbocycles. The van der Waals surface area contributed by atoms with Gasteiger partial charge in [0.05, 0.1) is 11.3 Å². The molecule has 1 N–H and O–H groups in total. The molecule has 1 amide bonds. The third kappa shape index (κ3) is 5.08. The van der Waals surface area contributed by atoms with Crippen molar-refractivity contribution in [2.24, 2.45) is 18.4 Å². The molecule has 7 nitrogen and oxygen atoms in total. The van der Waals surface area contributed by atoms with Gasteiger partial charge in [-0.25, -0.2) is 0 Å². The van der Waals surface area contributed by atoms with E-state index in [1.165, 1.54) is 16.6 Å². The van der Waals surface area contributed by atoms with Crippen LogP contribution in [0.4, 0.5) is 5.00 Å². The van der Waals surface area contributed by atoms with Gasteiger partial charge in [0.25, 0.3) is 0 Å². The molecule has 1 aliphatic rings. The van der Waals surface area contributed by atoms with Gasteiger partial charge in [-0.3, -0.25) is 4.79 Å². The number of carbonyl (C=O) groups excluding carboxylic acids is 1. The molecule has 9 heteroatoms. The van der Waals surface area contributed by atoms with Crippen LogP contribution in [0.5, 0.6) is 0 Å². The van der Waals surface area contributed by atoms with Crippen LogP contribution in [0.15, 0.2) is 23.5 Å². The predicted molar refractivity (Wildman–Crippen MR) is 137 cm³/mol. The van der Waals surface area contributed by atoms with Gasteiger partial charge in [-0.1, -0.05) is 32.5 Å². The van der Waals surface area contributed by atoms with Crippen molar-refractivity contribution in [2.45, 2.75) is 65.1 Å². The van der Waals surface area contributed by atoms with Crippen molar-refractivity contribution < 1.29 is 4.79 Å². The zero-order chi connectivity index (χ0) is 24.5. The lowest BCUT2D eigenvalue weighted by molar-refractivity contribution is -0.113. The van der Waals surface area contributed by atoms with E-state index in [4.69, 9.17) is 0 Å². The summed E-state index contributed by atoms with van der Waals surface area (Å²) in [6.07, 6.45) is 5.68. The van der Waals surface area contributed by atoms with Crippen LogP contribution in [0.3, 0.4) is 0 Å². The molecule has 180 valence electrons. The number of hydrogen-bond donors (Lipinski definition) is 1. The molecule has 0 saturated heterocycles. The van der Waals surface area contributed by atoms with Crippen molar-refractivity contribution in [2.75, 3.05) is 11.1 Å². The summed E-state index contributed by atoms with van der Waals surface area (Å²) in [4.78, 5) is 14.1. The number of aryl methyl sites for hydroxylation is 1. The van der Waals surface area contributed by atoms with Gasteiger partial charge in [-0.05, 0) is 55.2 Å². The molecule has 3 aromatic rings. The van der Waals surface area contributed by atoms with Gasteiger partial charge < -0.3 is 14.5 Å². The van der Waals surface area contributed by atoms with Crippen LogP contribution >= 0.6 is 23.1 Å². The van der Waals surface area contributed by atoms with E-state index in [0.717, 1.165) is 48.0 Å². The van der Waals surface area contributed by atoms with E-state index in [1.54, 1.807) is 11.3 Å². The number of amides is 1. The van der Waals surface area contributed by atoms with E-state index < -0.39 is 0 Å². The fourth-order valence-corrected chi connectivity index (χ4v) is 6.66. The lowest BCUT2D eigenvalue weighted by Gasteiger charge is -2.33. The Balaban J connectivity index is 1.42. The maximum absolute atomic E-state index is 12.8. The third-order valence-electron chi connectivity index (χ3n) is 6.69. The van der Waals surface area contributed by atoms with Crippen molar-refractivity contribution in [3.63, 3.8) is 0 Å². The lowest BCUT2D eigenvalue weighted by atomic mass is 9.72. The van der Waals surface area contributed by atoms with E-state index in [0.29, 0.717) is 22.9 Å². The highest BCUT2D eigenvalue weighted by Crippen LogP contribution is 2.44. The maximum atomic E-state index is 12.8. The molecule has 4 rings (SSSR count). The van der Waals surface area contributed by atoms with Crippen LogP contribution in [0.2, 0.25) is 0 Å². The molecule has 3 heterocycles. The molecule has 1 aliphatic carbocycles. The van der Waals surface area contributed by atoms with Crippen LogP contribution < -0.4 is 5.32 Å². The van der Waals surface area contributed by atoms with Crippen molar-refractivity contribution >= 4 is 34.0 Å². The van der Waals surface area contributed by atoms with E-state index in [2.05, 4.69) is 64.5 Å². The second kappa shape index (κ2) is 9.96. The molecular weight excluding hydrogens is 464 g/mol. The molecule has 1 unspecified atom stereocenters. The highest BCUT2D eigenvalue weighted by Gasteiger charge is 2.32. The van der Waals surface area contributed by atoms with Crippen molar-refractivity contribution in [1.29, 1.82) is 5.26 Å². The maximum Gasteiger partial charge on any atom is 0.235 e. The summed E-state index contributed by atoms with van der Waals surface area (Å²) >= 11 is 2.95. The monoisotopic (exact) mass is 496 g/mol. The number of carbonyl (C=O) groups is 1. The number of fused-ring (bicyclic) bond motifs is 1. The smallest absolute Gasteiger partial charge is 0.235 e. The lowest BCUT2D eigenvalue weighted by Crippen LogP contribution is -2.26. The van der Waals surface area contributed by atoms with Gasteiger partial charge in [-0.15, -0.1) is 21.5 Å². The minimum atomic E-state index is -0.123. The number of anilines is 1. The number of thiophene rings is 1. The SMILES string of the molecule is CCn1c(Cc2cccn2C)nnc1SCC(=O)Nc1sc2c(c1C#N)CCC(C(C)(C)C)C2. The van der Waals surface area contributed by atoms with Crippen molar-refractivity contribution in [1.82, 2.24) is 19.3 Å². The molecule has 0 bridgehead atoms. The second-order valence-corrected chi connectivity index (χ2v) is 11.9. The Kier molecular flexibility index (Phi) is 7.20. The van der Waals surface area contributed by atoms with E-state index in [1.807, 2.05) is 19.3 Å². The summed E-state index contributed by atoms with van der Waals surface area (Å²) in [6, 6.07) is 6.44. The Bertz CT molecular complexity index is 1220. The third-order valence-corrected chi connectivity index (χ3v) is 8.82. The van der Waals surface area contributed by atoms with Crippen molar-refractivity contribution in [3.8, 4) is 6.07 Å². The van der Waals surface area contributed by atoms with Gasteiger partial charge in [0, 0.05) is 36.8 Å². The average molecular weight is 497 g/mol. The first-order valence-electron chi connectivity index (χ1n) is 11.7. The zero-order valence-electron chi connectivity index (χ0n) is 20.5. The fourth-order valence-electron chi connectivity index (χ4n) is 4.54. The standard InChI is InChI=1S/C25H32N6OS2/c1-6-31-21(13-17-8-7-11-30(17)5)28-29-24(31)33-15-22(32)27-23-19(14-26)18-10-9-16(25(2,3)4)12-20(18)34-23/h7-8,11,16H,6,9-10,12-13,15H2,1-5H3,(H,27,32). The van der Waals surface area contributed by atoms with Crippen LogP contribution in [-0.4, -0.2) is 31.0 Å². The number of rotatable bonds is 7. The average Bonchev–Trinajstić information content (AvgIpc) is 3.47. The normalized spacial score (nSPS) is 15.7. The Morgan fingerprint density at radius 2 is 2.18 bits per heavy atom. The van der Waals surface area contributed by atoms with Crippen LogP contribution in [0, 0.1) is 22.7 Å². The number of hydrogen-bond acceptors (Lipinski definition) is 6. The minimum absolute atomic E-state index is 0.123. The molecule has 0 radical (unpaired) electrons. The summed E-state index contributed by atoms with van der Waals surface area (Å²) < 4.78 is 4.13. The van der Waals surface area contributed by atoms with Gasteiger partial charge in [0.1, 0.15) is 16.9 Å². The Labute approximate surface area is 209 Å². The van der Waals surface area contributed by atoms with Gasteiger partial charge >= 0.3 is 0 Å². The Morgan fingerprint density at radius 3 is 2.82 bits per heavy atom. The molecule has 1 atom stereocenters. The Hall–Kier alpha value is -2.57. The summed E-state index contributed by atoms with van der Waals surface area (Å²) in [5, 5.41) is 22.9. The Morgan fingerprint density at radius 1 is 1.38 bits per heavy atom. The van der Waals surface area contributed by atoms with Gasteiger partial charge in [-0.2, -0.15) is 5.26 Å². The molecular formula is C25H32N6OS2. The first-order valence-corrected chi connectivity index (χ1v) is 13.5. The minimum Gasteiger partial charge on any atom is -0.354 e. The van der Waals surface area contributed by atoms with E-state index in [9.17, 15) is 10.1 Å². The van der Waals surface area contributed by atoms with Crippen LogP contribution in [0.25, 0.3) is 0 Å². The molecule has 3 aromatic heterocycles. The first-order chi connectivity index (χ1) is 16.2. The van der Waals surface area contributed by atoms with E-state index >= 15 is 0 Å². The van der Waals surface area contributed by atoms with Gasteiger partial charge in [0.15, 0.2) is 5.16 Å². The summed E-state index contributed by atoms with van der Waals surface area (Å²) in [7, 11) is 2.02. The van der Waals surface area contributed by atoms with E-state index in [-0.39, 0.29) is 17.1 Å². The van der Waals surface area contributed by atoms with Crippen LogP contribution in [0.1, 0.15) is 61.6 Å². The van der Waals surface area contributed by atoms with Crippen LogP contribution in [-0.2, 0) is 37.6 Å². The zero-order valence-corrected chi connectivity index (χ0v) is 22.1. The summed E-state index contributed by atoms with van der Waals surface area (Å²) in [5.41, 5.74) is 3.18. The highest BCUT2D eigenvalue weighted by atomic mass is 32.2. The van der Waals surface area contributed by atoms with Crippen molar-refractivity contribution in [3.05, 3.63) is 45.9 Å². The molecule has 34 heavy (non-hydrogen) atoms. The number of aromatic nitrogens is 4. The van der Waals surface area contributed by atoms with Gasteiger partial charge in [0.2, 0.25) is 5.91 Å². The number of nitrogens with zero attached hydrogens (tertiary/aromatic N) is 5. The largest absolute Gasteiger partial charge is 0.354 e. The summed E-state index contributed by atoms with van der Waals surface area (Å²) in [5.74, 6) is 1.58. The quantitative estimate of drug-likeness (QED) is 0.463. The molecule has 0 fully saturated rings. The fraction of sp³-hybridized carbons (Fsp3) is 0.520.